The number of anilines is 1. The number of hydrogen-bond donors (Lipinski definition) is 0. The summed E-state index contributed by atoms with van der Waals surface area (Å²) in [4.78, 5) is 43.8. The second-order valence-corrected chi connectivity index (χ2v) is 10.7. The highest BCUT2D eigenvalue weighted by atomic mass is 16.5. The SMILES string of the molecule is O=C1Oc2c(ccc3ccccc23)C2=C[C@H](c3ccccc3)[C@@H]3C(=O)N(c4cccc5ccccc45)C(=O)[C@H]3[C@@H]12. The maximum absolute atomic E-state index is 14.4. The summed E-state index contributed by atoms with van der Waals surface area (Å²) in [5.74, 6) is -3.46. The Morgan fingerprint density at radius 3 is 2.05 bits per heavy atom. The summed E-state index contributed by atoms with van der Waals surface area (Å²) < 4.78 is 6.00. The first kappa shape index (κ1) is 22.9. The van der Waals surface area contributed by atoms with Gasteiger partial charge in [0.15, 0.2) is 0 Å². The number of carbonyl (C=O) groups is 3. The third-order valence-corrected chi connectivity index (χ3v) is 8.68. The molecule has 0 N–H and O–H groups in total. The minimum Gasteiger partial charge on any atom is -0.425 e. The van der Waals surface area contributed by atoms with Crippen molar-refractivity contribution in [3.63, 3.8) is 0 Å². The lowest BCUT2D eigenvalue weighted by atomic mass is 9.64. The molecule has 1 saturated heterocycles. The number of benzene rings is 5. The van der Waals surface area contributed by atoms with Crippen LogP contribution in [0.5, 0.6) is 5.75 Å². The van der Waals surface area contributed by atoms with Crippen LogP contribution in [0.2, 0.25) is 0 Å². The van der Waals surface area contributed by atoms with Crippen molar-refractivity contribution >= 4 is 50.6 Å². The van der Waals surface area contributed by atoms with Crippen molar-refractivity contribution < 1.29 is 19.1 Å². The van der Waals surface area contributed by atoms with Crippen LogP contribution in [0.1, 0.15) is 17.0 Å². The molecule has 2 aliphatic heterocycles. The Kier molecular flexibility index (Phi) is 4.86. The first-order valence-corrected chi connectivity index (χ1v) is 13.5. The van der Waals surface area contributed by atoms with Crippen molar-refractivity contribution in [3.05, 3.63) is 126 Å². The first-order chi connectivity index (χ1) is 19.6. The second-order valence-electron chi connectivity index (χ2n) is 10.7. The minimum absolute atomic E-state index is 0.285. The second kappa shape index (κ2) is 8.48. The van der Waals surface area contributed by atoms with Gasteiger partial charge in [-0.2, -0.15) is 0 Å². The molecule has 1 aliphatic carbocycles. The van der Waals surface area contributed by atoms with Crippen LogP contribution < -0.4 is 9.64 Å². The lowest BCUT2D eigenvalue weighted by Gasteiger charge is -2.38. The molecule has 8 rings (SSSR count). The molecule has 2 amide bonds. The molecule has 3 aliphatic rings. The van der Waals surface area contributed by atoms with Gasteiger partial charge >= 0.3 is 5.97 Å². The van der Waals surface area contributed by atoms with Crippen LogP contribution in [0.3, 0.4) is 0 Å². The van der Waals surface area contributed by atoms with Crippen LogP contribution in [0, 0.1) is 17.8 Å². The third-order valence-electron chi connectivity index (χ3n) is 8.68. The Morgan fingerprint density at radius 1 is 0.600 bits per heavy atom. The Bertz CT molecular complexity index is 1920. The van der Waals surface area contributed by atoms with Crippen LogP contribution in [0.15, 0.2) is 115 Å². The number of carbonyl (C=O) groups excluding carboxylic acids is 3. The normalized spacial score (nSPS) is 23.4. The van der Waals surface area contributed by atoms with Gasteiger partial charge in [-0.1, -0.05) is 109 Å². The number of ether oxygens (including phenoxy) is 1. The molecule has 0 radical (unpaired) electrons. The zero-order valence-corrected chi connectivity index (χ0v) is 21.4. The van der Waals surface area contributed by atoms with Crippen molar-refractivity contribution in [1.82, 2.24) is 0 Å². The molecule has 40 heavy (non-hydrogen) atoms. The van der Waals surface area contributed by atoms with Gasteiger partial charge in [-0.25, -0.2) is 4.90 Å². The minimum atomic E-state index is -0.871. The van der Waals surface area contributed by atoms with Crippen molar-refractivity contribution in [1.29, 1.82) is 0 Å². The van der Waals surface area contributed by atoms with Crippen LogP contribution in [-0.2, 0) is 14.4 Å². The van der Waals surface area contributed by atoms with Crippen LogP contribution in [-0.4, -0.2) is 17.8 Å². The number of allylic oxidation sites excluding steroid dienone is 1. The number of amides is 2. The summed E-state index contributed by atoms with van der Waals surface area (Å²) in [7, 11) is 0. The van der Waals surface area contributed by atoms with Crippen molar-refractivity contribution in [2.45, 2.75) is 5.92 Å². The lowest BCUT2D eigenvalue weighted by molar-refractivity contribution is -0.142. The van der Waals surface area contributed by atoms with E-state index >= 15 is 0 Å². The quantitative estimate of drug-likeness (QED) is 0.151. The topological polar surface area (TPSA) is 63.7 Å². The zero-order valence-electron chi connectivity index (χ0n) is 21.4. The van der Waals surface area contributed by atoms with Crippen LogP contribution in [0.4, 0.5) is 5.69 Å². The summed E-state index contributed by atoms with van der Waals surface area (Å²) >= 11 is 0. The Balaban J connectivity index is 1.35. The van der Waals surface area contributed by atoms with E-state index in [0.29, 0.717) is 11.4 Å². The van der Waals surface area contributed by atoms with Crippen molar-refractivity contribution in [2.24, 2.45) is 17.8 Å². The molecule has 2 heterocycles. The first-order valence-electron chi connectivity index (χ1n) is 13.5. The fourth-order valence-corrected chi connectivity index (χ4v) is 6.93. The van der Waals surface area contributed by atoms with Gasteiger partial charge in [0.1, 0.15) is 5.75 Å². The standard InChI is InChI=1S/C35H23NO4/c37-33-29-26(21-9-2-1-3-10-21)19-27-25-18-17-22-12-5-7-15-24(22)32(25)40-35(39)30(27)31(29)34(38)36(33)28-16-8-13-20-11-4-6-14-23(20)28/h1-19,26,29-31H/t26-,29+,30+,31-/m1/s1. The molecule has 1 fully saturated rings. The smallest absolute Gasteiger partial charge is 0.319 e. The van der Waals surface area contributed by atoms with Gasteiger partial charge in [-0.3, -0.25) is 14.4 Å². The van der Waals surface area contributed by atoms with E-state index in [-0.39, 0.29) is 17.7 Å². The molecule has 5 heteroatoms. The van der Waals surface area contributed by atoms with Crippen LogP contribution in [0.25, 0.3) is 27.1 Å². The fraction of sp³-hybridized carbons (Fsp3) is 0.114. The van der Waals surface area contributed by atoms with Gasteiger partial charge in [-0.15, -0.1) is 0 Å². The summed E-state index contributed by atoms with van der Waals surface area (Å²) in [5.41, 5.74) is 3.04. The highest BCUT2D eigenvalue weighted by Gasteiger charge is 2.60. The maximum atomic E-state index is 14.4. The predicted octanol–water partition coefficient (Wildman–Crippen LogP) is 6.51. The summed E-state index contributed by atoms with van der Waals surface area (Å²) in [6.07, 6.45) is 2.03. The van der Waals surface area contributed by atoms with Gasteiger partial charge in [-0.05, 0) is 28.0 Å². The van der Waals surface area contributed by atoms with Crippen molar-refractivity contribution in [2.75, 3.05) is 4.90 Å². The molecular weight excluding hydrogens is 498 g/mol. The predicted molar refractivity (Wildman–Crippen MR) is 154 cm³/mol. The molecule has 5 aromatic rings. The summed E-state index contributed by atoms with van der Waals surface area (Å²) in [6, 6.07) is 34.9. The van der Waals surface area contributed by atoms with E-state index in [1.807, 2.05) is 115 Å². The number of nitrogens with zero attached hydrogens (tertiary/aromatic N) is 1. The van der Waals surface area contributed by atoms with Gasteiger partial charge in [0, 0.05) is 22.3 Å². The molecule has 5 nitrogen and oxygen atoms in total. The van der Waals surface area contributed by atoms with Crippen LogP contribution >= 0.6 is 0 Å². The molecule has 0 spiro atoms. The van der Waals surface area contributed by atoms with Gasteiger partial charge in [0.05, 0.1) is 23.4 Å². The van der Waals surface area contributed by atoms with Crippen molar-refractivity contribution in [3.8, 4) is 5.75 Å². The number of fused-ring (bicyclic) bond motifs is 8. The Hall–Kier alpha value is -5.03. The summed E-state index contributed by atoms with van der Waals surface area (Å²) in [5, 5.41) is 3.57. The largest absolute Gasteiger partial charge is 0.425 e. The monoisotopic (exact) mass is 521 g/mol. The molecule has 0 aromatic heterocycles. The fourth-order valence-electron chi connectivity index (χ4n) is 6.93. The van der Waals surface area contributed by atoms with E-state index in [9.17, 15) is 14.4 Å². The van der Waals surface area contributed by atoms with E-state index in [2.05, 4.69) is 0 Å². The molecule has 192 valence electrons. The average molecular weight is 522 g/mol. The van der Waals surface area contributed by atoms with E-state index in [4.69, 9.17) is 4.74 Å². The molecule has 0 saturated carbocycles. The van der Waals surface area contributed by atoms with Gasteiger partial charge in [0.2, 0.25) is 11.8 Å². The molecular formula is C35H23NO4. The number of hydrogen-bond acceptors (Lipinski definition) is 4. The highest BCUT2D eigenvalue weighted by molar-refractivity contribution is 6.27. The molecule has 0 unspecified atom stereocenters. The third kappa shape index (κ3) is 3.12. The number of imide groups is 1. The highest BCUT2D eigenvalue weighted by Crippen LogP contribution is 2.55. The van der Waals surface area contributed by atoms with E-state index in [1.54, 1.807) is 0 Å². The zero-order chi connectivity index (χ0) is 27.0. The van der Waals surface area contributed by atoms with E-state index in [0.717, 1.165) is 38.2 Å². The molecule has 5 aromatic carbocycles. The lowest BCUT2D eigenvalue weighted by Crippen LogP contribution is -2.42. The number of esters is 1. The summed E-state index contributed by atoms with van der Waals surface area (Å²) in [6.45, 7) is 0. The molecule has 4 atom stereocenters. The maximum Gasteiger partial charge on any atom is 0.319 e. The van der Waals surface area contributed by atoms with E-state index < -0.39 is 23.7 Å². The van der Waals surface area contributed by atoms with Gasteiger partial charge in [0.25, 0.3) is 0 Å². The Labute approximate surface area is 230 Å². The number of rotatable bonds is 2. The average Bonchev–Trinajstić information content (AvgIpc) is 3.26. The Morgan fingerprint density at radius 2 is 1.25 bits per heavy atom. The van der Waals surface area contributed by atoms with Gasteiger partial charge < -0.3 is 4.74 Å². The van der Waals surface area contributed by atoms with E-state index in [1.165, 1.54) is 4.90 Å². The molecule has 0 bridgehead atoms.